The van der Waals surface area contributed by atoms with Gasteiger partial charge in [0, 0.05) is 19.7 Å². The lowest BCUT2D eigenvalue weighted by molar-refractivity contribution is 0.102. The van der Waals surface area contributed by atoms with Crippen molar-refractivity contribution < 1.29 is 9.53 Å². The van der Waals surface area contributed by atoms with Crippen LogP contribution in [0.3, 0.4) is 0 Å². The summed E-state index contributed by atoms with van der Waals surface area (Å²) < 4.78 is 8.02. The molecule has 4 rings (SSSR count). The number of benzene rings is 2. The fourth-order valence-electron chi connectivity index (χ4n) is 3.18. The van der Waals surface area contributed by atoms with Gasteiger partial charge in [0.2, 0.25) is 0 Å². The Hall–Kier alpha value is -4.20. The Morgan fingerprint density at radius 2 is 1.71 bits per heavy atom. The molecule has 0 aliphatic carbocycles. The van der Waals surface area contributed by atoms with Crippen molar-refractivity contribution in [2.45, 2.75) is 6.61 Å². The number of nitrogens with zero attached hydrogens (tertiary/aromatic N) is 3. The van der Waals surface area contributed by atoms with Crippen LogP contribution in [0.25, 0.3) is 11.0 Å². The first-order valence-electron chi connectivity index (χ1n) is 9.58. The van der Waals surface area contributed by atoms with E-state index in [1.54, 1.807) is 24.3 Å². The summed E-state index contributed by atoms with van der Waals surface area (Å²) in [7, 11) is 2.94. The number of fused-ring (bicyclic) bond motifs is 1. The molecular formula is C23H20N4O4. The van der Waals surface area contributed by atoms with Crippen LogP contribution in [0.2, 0.25) is 0 Å². The van der Waals surface area contributed by atoms with Crippen molar-refractivity contribution in [3.05, 3.63) is 98.8 Å². The van der Waals surface area contributed by atoms with Crippen LogP contribution in [0.1, 0.15) is 15.9 Å². The number of amides is 1. The maximum Gasteiger partial charge on any atom is 0.332 e. The topological polar surface area (TPSA) is 95.2 Å². The lowest BCUT2D eigenvalue weighted by atomic mass is 10.2. The van der Waals surface area contributed by atoms with Crippen molar-refractivity contribution in [3.8, 4) is 5.75 Å². The van der Waals surface area contributed by atoms with Crippen LogP contribution in [0, 0.1) is 0 Å². The predicted molar refractivity (Wildman–Crippen MR) is 117 cm³/mol. The van der Waals surface area contributed by atoms with E-state index >= 15 is 0 Å². The van der Waals surface area contributed by atoms with Gasteiger partial charge in [-0.15, -0.1) is 0 Å². The molecule has 31 heavy (non-hydrogen) atoms. The third-order valence-electron chi connectivity index (χ3n) is 4.92. The zero-order valence-corrected chi connectivity index (χ0v) is 17.0. The molecule has 0 aliphatic heterocycles. The fourth-order valence-corrected chi connectivity index (χ4v) is 3.18. The number of hydrogen-bond acceptors (Lipinski definition) is 5. The number of aryl methyl sites for hydroxylation is 1. The van der Waals surface area contributed by atoms with Crippen molar-refractivity contribution in [2.24, 2.45) is 14.1 Å². The van der Waals surface area contributed by atoms with Gasteiger partial charge in [-0.1, -0.05) is 30.3 Å². The first kappa shape index (κ1) is 20.1. The number of anilines is 1. The molecule has 0 fully saturated rings. The van der Waals surface area contributed by atoms with E-state index in [0.717, 1.165) is 10.1 Å². The van der Waals surface area contributed by atoms with Crippen molar-refractivity contribution in [1.29, 1.82) is 0 Å². The van der Waals surface area contributed by atoms with E-state index < -0.39 is 11.2 Å². The zero-order valence-electron chi connectivity index (χ0n) is 17.0. The molecule has 0 aliphatic rings. The predicted octanol–water partition coefficient (Wildman–Crippen LogP) is 2.46. The van der Waals surface area contributed by atoms with Crippen LogP contribution in [0.4, 0.5) is 5.69 Å². The summed E-state index contributed by atoms with van der Waals surface area (Å²) >= 11 is 0. The van der Waals surface area contributed by atoms with E-state index in [4.69, 9.17) is 4.74 Å². The minimum atomic E-state index is -0.471. The molecule has 0 bridgehead atoms. The first-order valence-corrected chi connectivity index (χ1v) is 9.58. The van der Waals surface area contributed by atoms with Crippen LogP contribution < -0.4 is 21.3 Å². The number of aromatic nitrogens is 3. The van der Waals surface area contributed by atoms with Crippen LogP contribution in [-0.4, -0.2) is 20.0 Å². The third-order valence-corrected chi connectivity index (χ3v) is 4.92. The standard InChI is InChI=1S/C23H20N4O4/c1-26-20-19(22(29)27(2)23(26)30)12-17(13-24-20)25-21(28)16-8-10-18(11-9-16)31-14-15-6-4-3-5-7-15/h3-13H,14H2,1-2H3,(H,25,28). The van der Waals surface area contributed by atoms with Gasteiger partial charge in [0.25, 0.3) is 11.5 Å². The van der Waals surface area contributed by atoms with Gasteiger partial charge >= 0.3 is 5.69 Å². The summed E-state index contributed by atoms with van der Waals surface area (Å²) in [5, 5.41) is 2.97. The number of hydrogen-bond donors (Lipinski definition) is 1. The monoisotopic (exact) mass is 416 g/mol. The minimum Gasteiger partial charge on any atom is -0.489 e. The van der Waals surface area contributed by atoms with Crippen LogP contribution in [-0.2, 0) is 20.7 Å². The second-order valence-electron chi connectivity index (χ2n) is 7.05. The molecule has 8 heteroatoms. The Balaban J connectivity index is 1.49. The van der Waals surface area contributed by atoms with E-state index in [1.807, 2.05) is 30.3 Å². The van der Waals surface area contributed by atoms with Gasteiger partial charge in [-0.2, -0.15) is 0 Å². The highest BCUT2D eigenvalue weighted by molar-refractivity contribution is 6.04. The minimum absolute atomic E-state index is 0.243. The van der Waals surface area contributed by atoms with E-state index in [-0.39, 0.29) is 16.9 Å². The molecule has 2 aromatic heterocycles. The highest BCUT2D eigenvalue weighted by Crippen LogP contribution is 2.17. The number of carbonyl (C=O) groups excluding carboxylic acids is 1. The summed E-state index contributed by atoms with van der Waals surface area (Å²) in [5.41, 5.74) is 1.17. The highest BCUT2D eigenvalue weighted by atomic mass is 16.5. The lowest BCUT2D eigenvalue weighted by Crippen LogP contribution is -2.37. The summed E-state index contributed by atoms with van der Waals surface area (Å²) in [4.78, 5) is 41.2. The number of nitrogens with one attached hydrogen (secondary N) is 1. The summed E-state index contributed by atoms with van der Waals surface area (Å²) in [6.07, 6.45) is 1.41. The Bertz CT molecular complexity index is 1370. The Morgan fingerprint density at radius 3 is 2.42 bits per heavy atom. The van der Waals surface area contributed by atoms with Crippen molar-refractivity contribution in [2.75, 3.05) is 5.32 Å². The zero-order chi connectivity index (χ0) is 22.0. The molecule has 0 atom stereocenters. The highest BCUT2D eigenvalue weighted by Gasteiger charge is 2.12. The molecular weight excluding hydrogens is 396 g/mol. The quantitative estimate of drug-likeness (QED) is 0.539. The van der Waals surface area contributed by atoms with Crippen LogP contribution in [0.5, 0.6) is 5.75 Å². The molecule has 156 valence electrons. The van der Waals surface area contributed by atoms with Gasteiger partial charge in [-0.3, -0.25) is 18.7 Å². The van der Waals surface area contributed by atoms with E-state index in [0.29, 0.717) is 23.6 Å². The van der Waals surface area contributed by atoms with E-state index in [9.17, 15) is 14.4 Å². The molecule has 0 saturated heterocycles. The average molecular weight is 416 g/mol. The Kier molecular flexibility index (Phi) is 5.36. The Morgan fingerprint density at radius 1 is 1.00 bits per heavy atom. The van der Waals surface area contributed by atoms with E-state index in [2.05, 4.69) is 10.3 Å². The fraction of sp³-hybridized carbons (Fsp3) is 0.130. The maximum absolute atomic E-state index is 12.6. The van der Waals surface area contributed by atoms with Gasteiger partial charge in [0.1, 0.15) is 18.0 Å². The molecule has 0 unspecified atom stereocenters. The van der Waals surface area contributed by atoms with Gasteiger partial charge in [-0.25, -0.2) is 9.78 Å². The van der Waals surface area contributed by atoms with Crippen molar-refractivity contribution >= 4 is 22.6 Å². The smallest absolute Gasteiger partial charge is 0.332 e. The number of pyridine rings is 1. The third kappa shape index (κ3) is 4.09. The largest absolute Gasteiger partial charge is 0.489 e. The second-order valence-corrected chi connectivity index (χ2v) is 7.05. The van der Waals surface area contributed by atoms with Gasteiger partial charge in [0.05, 0.1) is 17.3 Å². The molecule has 2 heterocycles. The molecule has 1 N–H and O–H groups in total. The lowest BCUT2D eigenvalue weighted by Gasteiger charge is -2.10. The van der Waals surface area contributed by atoms with E-state index in [1.165, 1.54) is 30.9 Å². The molecule has 0 saturated carbocycles. The van der Waals surface area contributed by atoms with Gasteiger partial charge in [-0.05, 0) is 35.9 Å². The second kappa shape index (κ2) is 8.27. The molecule has 4 aromatic rings. The SMILES string of the molecule is Cn1c(=O)c2cc(NC(=O)c3ccc(OCc4ccccc4)cc3)cnc2n(C)c1=O. The average Bonchev–Trinajstić information content (AvgIpc) is 2.81. The number of ether oxygens (including phenoxy) is 1. The van der Waals surface area contributed by atoms with Crippen LogP contribution >= 0.6 is 0 Å². The normalized spacial score (nSPS) is 10.8. The molecule has 0 spiro atoms. The molecule has 1 amide bonds. The number of carbonyl (C=O) groups is 1. The Labute approximate surface area is 177 Å². The van der Waals surface area contributed by atoms with Gasteiger partial charge < -0.3 is 10.1 Å². The molecule has 2 aromatic carbocycles. The first-order chi connectivity index (χ1) is 14.9. The summed E-state index contributed by atoms with van der Waals surface area (Å²) in [6, 6.07) is 18.1. The molecule has 0 radical (unpaired) electrons. The van der Waals surface area contributed by atoms with Crippen molar-refractivity contribution in [3.63, 3.8) is 0 Å². The summed E-state index contributed by atoms with van der Waals surface area (Å²) in [5.74, 6) is 0.301. The van der Waals surface area contributed by atoms with Crippen molar-refractivity contribution in [1.82, 2.24) is 14.1 Å². The molecule has 8 nitrogen and oxygen atoms in total. The van der Waals surface area contributed by atoms with Gasteiger partial charge in [0.15, 0.2) is 0 Å². The number of rotatable bonds is 5. The maximum atomic E-state index is 12.6. The summed E-state index contributed by atoms with van der Waals surface area (Å²) in [6.45, 7) is 0.437. The van der Waals surface area contributed by atoms with Crippen LogP contribution in [0.15, 0.2) is 76.4 Å².